The summed E-state index contributed by atoms with van der Waals surface area (Å²) in [4.78, 5) is 0.975. The minimum absolute atomic E-state index is 0.318. The highest BCUT2D eigenvalue weighted by Gasteiger charge is 2.13. The lowest BCUT2D eigenvalue weighted by molar-refractivity contribution is 0.624. The van der Waals surface area contributed by atoms with Crippen LogP contribution in [0.25, 0.3) is 0 Å². The Bertz CT molecular complexity index is 456. The van der Waals surface area contributed by atoms with E-state index in [0.29, 0.717) is 10.6 Å². The molecule has 78 valence electrons. The summed E-state index contributed by atoms with van der Waals surface area (Å²) in [5, 5.41) is 2.43. The summed E-state index contributed by atoms with van der Waals surface area (Å²) in [6.07, 6.45) is 0. The normalized spacial score (nSPS) is 12.7. The molecule has 1 aromatic carbocycles. The first kappa shape index (κ1) is 10.6. The average molecular weight is 242 g/mol. The second kappa shape index (κ2) is 4.31. The molecule has 2 aromatic rings. The Morgan fingerprint density at radius 1 is 1.33 bits per heavy atom. The maximum absolute atomic E-state index is 13.0. The standard InChI is InChI=1S/C11H9ClFNS/c12-9-4-3-7(13)6-8(9)11(14)10-2-1-5-15-10/h1-6,11H,14H2/t11-/m1/s1. The molecule has 0 unspecified atom stereocenters. The summed E-state index contributed by atoms with van der Waals surface area (Å²) < 4.78 is 13.0. The van der Waals surface area contributed by atoms with Crippen LogP contribution in [-0.4, -0.2) is 0 Å². The third-order valence-electron chi connectivity index (χ3n) is 2.14. The Hall–Kier alpha value is -0.900. The molecular formula is C11H9ClFNS. The highest BCUT2D eigenvalue weighted by molar-refractivity contribution is 7.10. The smallest absolute Gasteiger partial charge is 0.123 e. The van der Waals surface area contributed by atoms with Crippen LogP contribution in [-0.2, 0) is 0 Å². The van der Waals surface area contributed by atoms with Gasteiger partial charge in [0.05, 0.1) is 6.04 Å². The zero-order chi connectivity index (χ0) is 10.8. The van der Waals surface area contributed by atoms with Gasteiger partial charge in [-0.2, -0.15) is 0 Å². The van der Waals surface area contributed by atoms with Crippen molar-refractivity contribution < 1.29 is 4.39 Å². The first-order valence-corrected chi connectivity index (χ1v) is 5.68. The molecule has 1 nitrogen and oxygen atoms in total. The molecule has 1 heterocycles. The lowest BCUT2D eigenvalue weighted by atomic mass is 10.1. The second-order valence-corrected chi connectivity index (χ2v) is 4.55. The number of hydrogen-bond donors (Lipinski definition) is 1. The van der Waals surface area contributed by atoms with Gasteiger partial charge >= 0.3 is 0 Å². The van der Waals surface area contributed by atoms with Crippen LogP contribution in [0.5, 0.6) is 0 Å². The van der Waals surface area contributed by atoms with Gasteiger partial charge in [-0.05, 0) is 35.2 Å². The predicted octanol–water partition coefficient (Wildman–Crippen LogP) is 3.59. The molecule has 0 saturated heterocycles. The SMILES string of the molecule is N[C@@H](c1cccs1)c1cc(F)ccc1Cl. The zero-order valence-corrected chi connectivity index (χ0v) is 9.36. The Morgan fingerprint density at radius 3 is 2.80 bits per heavy atom. The molecule has 0 aliphatic rings. The highest BCUT2D eigenvalue weighted by atomic mass is 35.5. The highest BCUT2D eigenvalue weighted by Crippen LogP contribution is 2.29. The van der Waals surface area contributed by atoms with E-state index in [-0.39, 0.29) is 11.9 Å². The molecular weight excluding hydrogens is 233 g/mol. The summed E-state index contributed by atoms with van der Waals surface area (Å²) in [6, 6.07) is 7.71. The van der Waals surface area contributed by atoms with E-state index in [1.54, 1.807) is 0 Å². The van der Waals surface area contributed by atoms with Crippen molar-refractivity contribution in [3.05, 3.63) is 57.0 Å². The molecule has 15 heavy (non-hydrogen) atoms. The van der Waals surface area contributed by atoms with Crippen LogP contribution in [0.1, 0.15) is 16.5 Å². The summed E-state index contributed by atoms with van der Waals surface area (Å²) in [5.41, 5.74) is 6.61. The van der Waals surface area contributed by atoms with Crippen LogP contribution >= 0.6 is 22.9 Å². The Kier molecular flexibility index (Phi) is 3.05. The third-order valence-corrected chi connectivity index (χ3v) is 3.44. The zero-order valence-electron chi connectivity index (χ0n) is 7.78. The van der Waals surface area contributed by atoms with Gasteiger partial charge in [-0.15, -0.1) is 11.3 Å². The Balaban J connectivity index is 2.41. The van der Waals surface area contributed by atoms with Crippen LogP contribution in [0.4, 0.5) is 4.39 Å². The maximum atomic E-state index is 13.0. The number of nitrogens with two attached hydrogens (primary N) is 1. The number of hydrogen-bond acceptors (Lipinski definition) is 2. The number of benzene rings is 1. The van der Waals surface area contributed by atoms with E-state index in [4.69, 9.17) is 17.3 Å². The summed E-state index contributed by atoms with van der Waals surface area (Å²) in [6.45, 7) is 0. The minimum Gasteiger partial charge on any atom is -0.320 e. The van der Waals surface area contributed by atoms with Gasteiger partial charge in [0, 0.05) is 9.90 Å². The molecule has 0 spiro atoms. The van der Waals surface area contributed by atoms with Crippen LogP contribution in [0.2, 0.25) is 5.02 Å². The predicted molar refractivity (Wildman–Crippen MR) is 61.8 cm³/mol. The van der Waals surface area contributed by atoms with E-state index in [9.17, 15) is 4.39 Å². The first-order chi connectivity index (χ1) is 7.18. The lowest BCUT2D eigenvalue weighted by Crippen LogP contribution is -2.11. The topological polar surface area (TPSA) is 26.0 Å². The maximum Gasteiger partial charge on any atom is 0.123 e. The number of halogens is 2. The molecule has 4 heteroatoms. The monoisotopic (exact) mass is 241 g/mol. The van der Waals surface area contributed by atoms with Gasteiger partial charge < -0.3 is 5.73 Å². The molecule has 1 atom stereocenters. The van der Waals surface area contributed by atoms with Crippen LogP contribution in [0, 0.1) is 5.82 Å². The fraction of sp³-hybridized carbons (Fsp3) is 0.0909. The van der Waals surface area contributed by atoms with E-state index in [1.165, 1.54) is 29.5 Å². The first-order valence-electron chi connectivity index (χ1n) is 4.42. The molecule has 0 amide bonds. The van der Waals surface area contributed by atoms with Crippen molar-refractivity contribution in [2.24, 2.45) is 5.73 Å². The van der Waals surface area contributed by atoms with Gasteiger partial charge in [0.25, 0.3) is 0 Å². The molecule has 0 saturated carbocycles. The fourth-order valence-corrected chi connectivity index (χ4v) is 2.35. The Morgan fingerprint density at radius 2 is 2.13 bits per heavy atom. The van der Waals surface area contributed by atoms with E-state index in [1.807, 2.05) is 17.5 Å². The van der Waals surface area contributed by atoms with Crippen molar-refractivity contribution >= 4 is 22.9 Å². The van der Waals surface area contributed by atoms with E-state index in [2.05, 4.69) is 0 Å². The van der Waals surface area contributed by atoms with Crippen LogP contribution in [0.15, 0.2) is 35.7 Å². The van der Waals surface area contributed by atoms with Crippen molar-refractivity contribution in [1.82, 2.24) is 0 Å². The van der Waals surface area contributed by atoms with Crippen molar-refractivity contribution in [2.45, 2.75) is 6.04 Å². The quantitative estimate of drug-likeness (QED) is 0.855. The minimum atomic E-state index is -0.354. The molecule has 0 aliphatic heterocycles. The van der Waals surface area contributed by atoms with Gasteiger partial charge in [0.1, 0.15) is 5.82 Å². The molecule has 0 bridgehead atoms. The van der Waals surface area contributed by atoms with Crippen molar-refractivity contribution in [1.29, 1.82) is 0 Å². The van der Waals surface area contributed by atoms with Gasteiger partial charge in [-0.25, -0.2) is 4.39 Å². The van der Waals surface area contributed by atoms with Crippen molar-refractivity contribution in [2.75, 3.05) is 0 Å². The Labute approximate surface area is 96.3 Å². The van der Waals surface area contributed by atoms with Crippen LogP contribution < -0.4 is 5.73 Å². The van der Waals surface area contributed by atoms with Gasteiger partial charge in [-0.3, -0.25) is 0 Å². The summed E-state index contributed by atoms with van der Waals surface area (Å²) in [5.74, 6) is -0.318. The average Bonchev–Trinajstić information content (AvgIpc) is 2.74. The van der Waals surface area contributed by atoms with Crippen LogP contribution in [0.3, 0.4) is 0 Å². The molecule has 2 rings (SSSR count). The van der Waals surface area contributed by atoms with E-state index >= 15 is 0 Å². The van der Waals surface area contributed by atoms with Crippen molar-refractivity contribution in [3.63, 3.8) is 0 Å². The van der Waals surface area contributed by atoms with Crippen molar-refractivity contribution in [3.8, 4) is 0 Å². The lowest BCUT2D eigenvalue weighted by Gasteiger charge is -2.11. The molecule has 1 aromatic heterocycles. The molecule has 2 N–H and O–H groups in total. The summed E-state index contributed by atoms with van der Waals surface area (Å²) >= 11 is 7.50. The van der Waals surface area contributed by atoms with E-state index < -0.39 is 0 Å². The fourth-order valence-electron chi connectivity index (χ4n) is 1.37. The molecule has 0 radical (unpaired) electrons. The number of thiophene rings is 1. The molecule has 0 aliphatic carbocycles. The number of rotatable bonds is 2. The molecule has 0 fully saturated rings. The van der Waals surface area contributed by atoms with E-state index in [0.717, 1.165) is 4.88 Å². The third kappa shape index (κ3) is 2.20. The summed E-state index contributed by atoms with van der Waals surface area (Å²) in [7, 11) is 0. The second-order valence-electron chi connectivity index (χ2n) is 3.16. The van der Waals surface area contributed by atoms with Gasteiger partial charge in [-0.1, -0.05) is 17.7 Å². The van der Waals surface area contributed by atoms with Gasteiger partial charge in [0.15, 0.2) is 0 Å². The largest absolute Gasteiger partial charge is 0.320 e. The van der Waals surface area contributed by atoms with Gasteiger partial charge in [0.2, 0.25) is 0 Å².